The molecule has 1 fully saturated rings. The molecule has 1 aromatic heterocycles. The van der Waals surface area contributed by atoms with Gasteiger partial charge in [-0.1, -0.05) is 5.16 Å². The highest BCUT2D eigenvalue weighted by Gasteiger charge is 2.21. The molecule has 2 amide bonds. The molecule has 0 saturated carbocycles. The van der Waals surface area contributed by atoms with Gasteiger partial charge in [0.2, 0.25) is 5.91 Å². The van der Waals surface area contributed by atoms with Crippen LogP contribution in [0.3, 0.4) is 0 Å². The molecule has 1 saturated heterocycles. The normalized spacial score (nSPS) is 13.3. The lowest BCUT2D eigenvalue weighted by Gasteiger charge is -2.16. The monoisotopic (exact) mass is 435 g/mol. The Balaban J connectivity index is 1.43. The van der Waals surface area contributed by atoms with Crippen molar-refractivity contribution in [3.63, 3.8) is 0 Å². The van der Waals surface area contributed by atoms with Crippen LogP contribution >= 0.6 is 0 Å². The fourth-order valence-electron chi connectivity index (χ4n) is 3.64. The first kappa shape index (κ1) is 21.4. The Morgan fingerprint density at radius 3 is 2.56 bits per heavy atom. The van der Waals surface area contributed by atoms with Crippen LogP contribution in [0, 0.1) is 13.8 Å². The Hall–Kier alpha value is -3.81. The van der Waals surface area contributed by atoms with Gasteiger partial charge in [0.25, 0.3) is 5.91 Å². The summed E-state index contributed by atoms with van der Waals surface area (Å²) in [6.07, 6.45) is 1.45. The Kier molecular flexibility index (Phi) is 6.11. The maximum Gasteiger partial charge on any atom is 0.255 e. The van der Waals surface area contributed by atoms with Crippen molar-refractivity contribution in [2.24, 2.45) is 0 Å². The molecule has 0 spiro atoms. The molecule has 32 heavy (non-hydrogen) atoms. The summed E-state index contributed by atoms with van der Waals surface area (Å²) in [6, 6.07) is 12.3. The number of anilines is 2. The standard InChI is InChI=1S/C24H25N3O5/c1-15-20(16(2)32-26-15)14-31-21-11-6-17(13-22(21)30-3)24(29)25-18-7-9-19(10-8-18)27-12-4-5-23(27)28/h6-11,13H,4-5,12,14H2,1-3H3,(H,25,29). The number of nitrogens with one attached hydrogen (secondary N) is 1. The predicted molar refractivity (Wildman–Crippen MR) is 119 cm³/mol. The highest BCUT2D eigenvalue weighted by Crippen LogP contribution is 2.30. The predicted octanol–water partition coefficient (Wildman–Crippen LogP) is 4.26. The largest absolute Gasteiger partial charge is 0.493 e. The van der Waals surface area contributed by atoms with Crippen molar-refractivity contribution in [3.05, 3.63) is 65.0 Å². The summed E-state index contributed by atoms with van der Waals surface area (Å²) in [5.74, 6) is 1.53. The lowest BCUT2D eigenvalue weighted by atomic mass is 10.1. The number of carbonyl (C=O) groups excluding carboxylic acids is 2. The van der Waals surface area contributed by atoms with Crippen LogP contribution < -0.4 is 19.7 Å². The topological polar surface area (TPSA) is 93.9 Å². The Morgan fingerprint density at radius 2 is 1.94 bits per heavy atom. The molecule has 0 bridgehead atoms. The highest BCUT2D eigenvalue weighted by molar-refractivity contribution is 6.05. The molecule has 2 aromatic carbocycles. The quantitative estimate of drug-likeness (QED) is 0.596. The number of aromatic nitrogens is 1. The molecule has 3 aromatic rings. The zero-order valence-corrected chi connectivity index (χ0v) is 18.3. The second-order valence-electron chi connectivity index (χ2n) is 7.61. The molecule has 0 unspecified atom stereocenters. The van der Waals surface area contributed by atoms with E-state index in [1.165, 1.54) is 7.11 Å². The van der Waals surface area contributed by atoms with Gasteiger partial charge in [0, 0.05) is 29.9 Å². The number of hydrogen-bond donors (Lipinski definition) is 1. The van der Waals surface area contributed by atoms with Gasteiger partial charge in [0.15, 0.2) is 11.5 Å². The highest BCUT2D eigenvalue weighted by atomic mass is 16.5. The minimum atomic E-state index is -0.273. The van der Waals surface area contributed by atoms with Gasteiger partial charge in [-0.15, -0.1) is 0 Å². The summed E-state index contributed by atoms with van der Waals surface area (Å²) in [7, 11) is 1.53. The smallest absolute Gasteiger partial charge is 0.255 e. The van der Waals surface area contributed by atoms with E-state index < -0.39 is 0 Å². The molecule has 1 aliphatic heterocycles. The second-order valence-corrected chi connectivity index (χ2v) is 7.61. The van der Waals surface area contributed by atoms with E-state index in [0.29, 0.717) is 34.9 Å². The van der Waals surface area contributed by atoms with Gasteiger partial charge < -0.3 is 24.2 Å². The van der Waals surface area contributed by atoms with Crippen LogP contribution in [0.1, 0.15) is 40.2 Å². The Morgan fingerprint density at radius 1 is 1.16 bits per heavy atom. The number of benzene rings is 2. The van der Waals surface area contributed by atoms with E-state index in [0.717, 1.165) is 29.9 Å². The second kappa shape index (κ2) is 9.13. The molecule has 166 valence electrons. The molecule has 1 aliphatic rings. The van der Waals surface area contributed by atoms with E-state index in [2.05, 4.69) is 10.5 Å². The van der Waals surface area contributed by atoms with Crippen molar-refractivity contribution in [3.8, 4) is 11.5 Å². The number of ether oxygens (including phenoxy) is 2. The van der Waals surface area contributed by atoms with Crippen LogP contribution in [0.2, 0.25) is 0 Å². The molecule has 0 atom stereocenters. The van der Waals surface area contributed by atoms with E-state index in [9.17, 15) is 9.59 Å². The summed E-state index contributed by atoms with van der Waals surface area (Å²) in [5.41, 5.74) is 3.57. The fourth-order valence-corrected chi connectivity index (χ4v) is 3.64. The summed E-state index contributed by atoms with van der Waals surface area (Å²) in [6.45, 7) is 4.71. The van der Waals surface area contributed by atoms with Crippen molar-refractivity contribution >= 4 is 23.2 Å². The number of nitrogens with zero attached hydrogens (tertiary/aromatic N) is 2. The third-order valence-electron chi connectivity index (χ3n) is 5.49. The summed E-state index contributed by atoms with van der Waals surface area (Å²) < 4.78 is 16.4. The zero-order chi connectivity index (χ0) is 22.7. The number of aryl methyl sites for hydroxylation is 2. The van der Waals surface area contributed by atoms with E-state index >= 15 is 0 Å². The summed E-state index contributed by atoms with van der Waals surface area (Å²) in [4.78, 5) is 26.4. The SMILES string of the molecule is COc1cc(C(=O)Nc2ccc(N3CCCC3=O)cc2)ccc1OCc1c(C)noc1C. The van der Waals surface area contributed by atoms with Crippen LogP contribution in [-0.4, -0.2) is 30.6 Å². The molecule has 1 N–H and O–H groups in total. The van der Waals surface area contributed by atoms with Crippen molar-refractivity contribution in [2.45, 2.75) is 33.3 Å². The van der Waals surface area contributed by atoms with Crippen LogP contribution in [0.25, 0.3) is 0 Å². The summed E-state index contributed by atoms with van der Waals surface area (Å²) in [5, 5.41) is 6.79. The first-order chi connectivity index (χ1) is 15.5. The van der Waals surface area contributed by atoms with Crippen molar-refractivity contribution in [1.29, 1.82) is 0 Å². The van der Waals surface area contributed by atoms with E-state index in [1.807, 2.05) is 26.0 Å². The van der Waals surface area contributed by atoms with Gasteiger partial charge in [0.05, 0.1) is 18.4 Å². The van der Waals surface area contributed by atoms with E-state index in [-0.39, 0.29) is 18.4 Å². The van der Waals surface area contributed by atoms with Crippen LogP contribution in [0.5, 0.6) is 11.5 Å². The Labute approximate surface area is 186 Å². The molecule has 0 radical (unpaired) electrons. The number of carbonyl (C=O) groups is 2. The first-order valence-corrected chi connectivity index (χ1v) is 10.4. The average molecular weight is 435 g/mol. The lowest BCUT2D eigenvalue weighted by molar-refractivity contribution is -0.117. The lowest BCUT2D eigenvalue weighted by Crippen LogP contribution is -2.23. The molecular weight excluding hydrogens is 410 g/mol. The Bertz CT molecular complexity index is 1120. The van der Waals surface area contributed by atoms with Crippen molar-refractivity contribution < 1.29 is 23.6 Å². The number of rotatable bonds is 7. The van der Waals surface area contributed by atoms with Gasteiger partial charge in [-0.2, -0.15) is 0 Å². The summed E-state index contributed by atoms with van der Waals surface area (Å²) >= 11 is 0. The molecule has 8 heteroatoms. The molecule has 8 nitrogen and oxygen atoms in total. The molecule has 2 heterocycles. The maximum atomic E-state index is 12.7. The van der Waals surface area contributed by atoms with Gasteiger partial charge in [0.1, 0.15) is 12.4 Å². The fraction of sp³-hybridized carbons (Fsp3) is 0.292. The third kappa shape index (κ3) is 4.44. The molecule has 0 aliphatic carbocycles. The molecule has 4 rings (SSSR count). The first-order valence-electron chi connectivity index (χ1n) is 10.4. The van der Waals surface area contributed by atoms with Gasteiger partial charge in [-0.25, -0.2) is 0 Å². The minimum absolute atomic E-state index is 0.130. The zero-order valence-electron chi connectivity index (χ0n) is 18.3. The van der Waals surface area contributed by atoms with Gasteiger partial charge in [-0.3, -0.25) is 9.59 Å². The van der Waals surface area contributed by atoms with Crippen molar-refractivity contribution in [1.82, 2.24) is 5.16 Å². The van der Waals surface area contributed by atoms with Crippen LogP contribution in [0.4, 0.5) is 11.4 Å². The van der Waals surface area contributed by atoms with E-state index in [1.54, 1.807) is 35.2 Å². The van der Waals surface area contributed by atoms with Gasteiger partial charge in [-0.05, 0) is 62.7 Å². The van der Waals surface area contributed by atoms with Gasteiger partial charge >= 0.3 is 0 Å². The average Bonchev–Trinajstić information content (AvgIpc) is 3.37. The number of amides is 2. The maximum absolute atomic E-state index is 12.7. The molecular formula is C24H25N3O5. The van der Waals surface area contributed by atoms with Crippen LogP contribution in [0.15, 0.2) is 47.0 Å². The van der Waals surface area contributed by atoms with Crippen LogP contribution in [-0.2, 0) is 11.4 Å². The minimum Gasteiger partial charge on any atom is -0.493 e. The van der Waals surface area contributed by atoms with Crippen molar-refractivity contribution in [2.75, 3.05) is 23.9 Å². The number of hydrogen-bond acceptors (Lipinski definition) is 6. The third-order valence-corrected chi connectivity index (χ3v) is 5.49. The van der Waals surface area contributed by atoms with E-state index in [4.69, 9.17) is 14.0 Å². The number of methoxy groups -OCH3 is 1.